The molecule has 3 heteroatoms. The third kappa shape index (κ3) is 1.49. The second-order valence-electron chi connectivity index (χ2n) is 2.88. The summed E-state index contributed by atoms with van der Waals surface area (Å²) in [5.41, 5.74) is 0. The van der Waals surface area contributed by atoms with Gasteiger partial charge in [0.25, 0.3) is 0 Å². The van der Waals surface area contributed by atoms with Gasteiger partial charge in [-0.2, -0.15) is 0 Å². The molecule has 0 fully saturated rings. The highest BCUT2D eigenvalue weighted by atomic mass is 35.5. The van der Waals surface area contributed by atoms with Crippen LogP contribution in [0.4, 0.5) is 0 Å². The fourth-order valence-corrected chi connectivity index (χ4v) is 1.56. The molecule has 72 valence electrons. The number of phenols is 1. The van der Waals surface area contributed by atoms with E-state index in [-0.39, 0.29) is 11.8 Å². The summed E-state index contributed by atoms with van der Waals surface area (Å²) in [6.45, 7) is 0. The largest absolute Gasteiger partial charge is 0.507 e. The first kappa shape index (κ1) is 9.16. The van der Waals surface area contributed by atoms with Crippen LogP contribution in [0.1, 0.15) is 0 Å². The standard InChI is InChI=1S/C11H9ClO2/c12-7-14-11-6-5-10(13)8-3-1-2-4-9(8)11/h1-6,13H,7H2. The molecule has 0 aromatic heterocycles. The minimum atomic E-state index is 0.106. The highest BCUT2D eigenvalue weighted by Gasteiger charge is 2.04. The van der Waals surface area contributed by atoms with Crippen LogP contribution in [0.15, 0.2) is 36.4 Å². The van der Waals surface area contributed by atoms with Gasteiger partial charge in [-0.15, -0.1) is 0 Å². The summed E-state index contributed by atoms with van der Waals surface area (Å²) in [5.74, 6) is 0.941. The Kier molecular flexibility index (Phi) is 2.46. The van der Waals surface area contributed by atoms with Crippen molar-refractivity contribution in [1.29, 1.82) is 0 Å². The predicted molar refractivity (Wildman–Crippen MR) is 57.0 cm³/mol. The Morgan fingerprint density at radius 1 is 1.07 bits per heavy atom. The second kappa shape index (κ2) is 3.76. The van der Waals surface area contributed by atoms with Gasteiger partial charge in [0.15, 0.2) is 6.07 Å². The molecule has 0 saturated carbocycles. The molecule has 0 aliphatic rings. The zero-order chi connectivity index (χ0) is 9.97. The van der Waals surface area contributed by atoms with Crippen molar-refractivity contribution in [1.82, 2.24) is 0 Å². The van der Waals surface area contributed by atoms with E-state index in [2.05, 4.69) is 0 Å². The molecule has 14 heavy (non-hydrogen) atoms. The molecule has 0 atom stereocenters. The number of hydrogen-bond donors (Lipinski definition) is 1. The summed E-state index contributed by atoms with van der Waals surface area (Å²) < 4.78 is 5.23. The molecule has 2 aromatic carbocycles. The smallest absolute Gasteiger partial charge is 0.162 e. The van der Waals surface area contributed by atoms with Crippen LogP contribution >= 0.6 is 11.6 Å². The van der Waals surface area contributed by atoms with Crippen molar-refractivity contribution < 1.29 is 9.84 Å². The minimum Gasteiger partial charge on any atom is -0.507 e. The van der Waals surface area contributed by atoms with Crippen molar-refractivity contribution in [2.24, 2.45) is 0 Å². The molecule has 0 radical (unpaired) electrons. The molecule has 2 aromatic rings. The fraction of sp³-hybridized carbons (Fsp3) is 0.0909. The van der Waals surface area contributed by atoms with E-state index in [0.29, 0.717) is 5.75 Å². The molecule has 0 unspecified atom stereocenters. The Hall–Kier alpha value is -1.41. The van der Waals surface area contributed by atoms with Gasteiger partial charge in [-0.3, -0.25) is 0 Å². The van der Waals surface area contributed by atoms with E-state index in [1.807, 2.05) is 24.3 Å². The van der Waals surface area contributed by atoms with E-state index in [0.717, 1.165) is 10.8 Å². The number of ether oxygens (including phenoxy) is 1. The Labute approximate surface area is 86.7 Å². The Morgan fingerprint density at radius 3 is 2.50 bits per heavy atom. The molecule has 0 spiro atoms. The maximum Gasteiger partial charge on any atom is 0.162 e. The number of rotatable bonds is 2. The quantitative estimate of drug-likeness (QED) is 0.769. The highest BCUT2D eigenvalue weighted by molar-refractivity contribution is 6.17. The Balaban J connectivity index is 2.68. The molecule has 0 aliphatic heterocycles. The van der Waals surface area contributed by atoms with Crippen molar-refractivity contribution in [3.05, 3.63) is 36.4 Å². The number of fused-ring (bicyclic) bond motifs is 1. The molecule has 0 saturated heterocycles. The summed E-state index contributed by atoms with van der Waals surface area (Å²) in [7, 11) is 0. The lowest BCUT2D eigenvalue weighted by Gasteiger charge is -2.07. The molecule has 0 amide bonds. The monoisotopic (exact) mass is 208 g/mol. The summed E-state index contributed by atoms with van der Waals surface area (Å²) in [5, 5.41) is 11.2. The Morgan fingerprint density at radius 2 is 1.79 bits per heavy atom. The van der Waals surface area contributed by atoms with Gasteiger partial charge >= 0.3 is 0 Å². The van der Waals surface area contributed by atoms with Gasteiger partial charge in [-0.1, -0.05) is 35.9 Å². The van der Waals surface area contributed by atoms with Gasteiger partial charge in [0.2, 0.25) is 0 Å². The lowest BCUT2D eigenvalue weighted by Crippen LogP contribution is -1.89. The van der Waals surface area contributed by atoms with Crippen LogP contribution in [0.2, 0.25) is 0 Å². The predicted octanol–water partition coefficient (Wildman–Crippen LogP) is 3.12. The van der Waals surface area contributed by atoms with E-state index in [9.17, 15) is 5.11 Å². The third-order valence-corrected chi connectivity index (χ3v) is 2.18. The van der Waals surface area contributed by atoms with Crippen molar-refractivity contribution >= 4 is 22.4 Å². The Bertz CT molecular complexity index is 454. The zero-order valence-corrected chi connectivity index (χ0v) is 8.16. The van der Waals surface area contributed by atoms with E-state index in [1.54, 1.807) is 12.1 Å². The molecular formula is C11H9ClO2. The summed E-state index contributed by atoms with van der Waals surface area (Å²) in [6.07, 6.45) is 0. The first-order valence-electron chi connectivity index (χ1n) is 4.22. The number of phenolic OH excluding ortho intramolecular Hbond substituents is 1. The van der Waals surface area contributed by atoms with Crippen LogP contribution in [0.3, 0.4) is 0 Å². The highest BCUT2D eigenvalue weighted by Crippen LogP contribution is 2.32. The molecule has 0 heterocycles. The number of hydrogen-bond acceptors (Lipinski definition) is 2. The molecule has 1 N–H and O–H groups in total. The number of aromatic hydroxyl groups is 1. The van der Waals surface area contributed by atoms with E-state index in [1.165, 1.54) is 0 Å². The molecule has 0 aliphatic carbocycles. The number of alkyl halides is 1. The SMILES string of the molecule is Oc1ccc(OCCl)c2ccccc12. The number of halogens is 1. The van der Waals surface area contributed by atoms with Gasteiger partial charge in [0, 0.05) is 10.8 Å². The van der Waals surface area contributed by atoms with Gasteiger partial charge in [-0.05, 0) is 12.1 Å². The average molecular weight is 209 g/mol. The van der Waals surface area contributed by atoms with Crippen LogP contribution in [0.25, 0.3) is 10.8 Å². The van der Waals surface area contributed by atoms with E-state index < -0.39 is 0 Å². The van der Waals surface area contributed by atoms with Crippen molar-refractivity contribution in [2.45, 2.75) is 0 Å². The maximum atomic E-state index is 9.58. The summed E-state index contributed by atoms with van der Waals surface area (Å²) >= 11 is 5.49. The average Bonchev–Trinajstić information content (AvgIpc) is 2.23. The molecule has 2 nitrogen and oxygen atoms in total. The lowest BCUT2D eigenvalue weighted by molar-refractivity contribution is 0.391. The van der Waals surface area contributed by atoms with E-state index in [4.69, 9.17) is 16.3 Å². The van der Waals surface area contributed by atoms with Crippen LogP contribution in [0.5, 0.6) is 11.5 Å². The van der Waals surface area contributed by atoms with Crippen molar-refractivity contribution in [2.75, 3.05) is 6.07 Å². The van der Waals surface area contributed by atoms with Gasteiger partial charge < -0.3 is 9.84 Å². The van der Waals surface area contributed by atoms with Crippen molar-refractivity contribution in [3.8, 4) is 11.5 Å². The molecule has 2 rings (SSSR count). The van der Waals surface area contributed by atoms with Crippen LogP contribution < -0.4 is 4.74 Å². The zero-order valence-electron chi connectivity index (χ0n) is 7.40. The molecule has 0 bridgehead atoms. The third-order valence-electron chi connectivity index (χ3n) is 2.07. The topological polar surface area (TPSA) is 29.5 Å². The van der Waals surface area contributed by atoms with Gasteiger partial charge in [0.05, 0.1) is 0 Å². The normalized spacial score (nSPS) is 10.4. The first-order valence-corrected chi connectivity index (χ1v) is 4.76. The van der Waals surface area contributed by atoms with Gasteiger partial charge in [0.1, 0.15) is 11.5 Å². The summed E-state index contributed by atoms with van der Waals surface area (Å²) in [6, 6.07) is 10.9. The first-order chi connectivity index (χ1) is 6.83. The maximum absolute atomic E-state index is 9.58. The van der Waals surface area contributed by atoms with Gasteiger partial charge in [-0.25, -0.2) is 0 Å². The van der Waals surface area contributed by atoms with E-state index >= 15 is 0 Å². The summed E-state index contributed by atoms with van der Waals surface area (Å²) in [4.78, 5) is 0. The van der Waals surface area contributed by atoms with Crippen molar-refractivity contribution in [3.63, 3.8) is 0 Å². The second-order valence-corrected chi connectivity index (χ2v) is 3.10. The molecular weight excluding hydrogens is 200 g/mol. The fourth-order valence-electron chi connectivity index (χ4n) is 1.44. The van der Waals surface area contributed by atoms with Crippen LogP contribution in [0, 0.1) is 0 Å². The number of benzene rings is 2. The lowest BCUT2D eigenvalue weighted by atomic mass is 10.1. The van der Waals surface area contributed by atoms with Crippen LogP contribution in [-0.4, -0.2) is 11.2 Å². The van der Waals surface area contributed by atoms with Crippen LogP contribution in [-0.2, 0) is 0 Å². The minimum absolute atomic E-state index is 0.106.